The molecule has 1 aromatic carbocycles. The van der Waals surface area contributed by atoms with Crippen molar-refractivity contribution in [1.29, 1.82) is 0 Å². The monoisotopic (exact) mass is 406 g/mol. The summed E-state index contributed by atoms with van der Waals surface area (Å²) in [5.74, 6) is 0.788. The number of primary amides is 1. The summed E-state index contributed by atoms with van der Waals surface area (Å²) in [7, 11) is 0. The van der Waals surface area contributed by atoms with E-state index in [1.54, 1.807) is 18.5 Å². The molecule has 6 heteroatoms. The smallest absolute Gasteiger partial charge is 0.255 e. The molecule has 2 aliphatic rings. The van der Waals surface area contributed by atoms with E-state index in [1.165, 1.54) is 5.56 Å². The van der Waals surface area contributed by atoms with Crippen LogP contribution in [0.15, 0.2) is 42.7 Å². The van der Waals surface area contributed by atoms with Gasteiger partial charge in [0.05, 0.1) is 11.1 Å². The van der Waals surface area contributed by atoms with E-state index in [2.05, 4.69) is 22.9 Å². The van der Waals surface area contributed by atoms with Gasteiger partial charge in [0.2, 0.25) is 0 Å². The fourth-order valence-corrected chi connectivity index (χ4v) is 4.61. The van der Waals surface area contributed by atoms with Gasteiger partial charge in [0.1, 0.15) is 0 Å². The van der Waals surface area contributed by atoms with Crippen molar-refractivity contribution in [3.05, 3.63) is 59.4 Å². The number of nitrogens with two attached hydrogens (primary N) is 1. The molecule has 0 bridgehead atoms. The molecule has 2 fully saturated rings. The van der Waals surface area contributed by atoms with Gasteiger partial charge in [-0.15, -0.1) is 0 Å². The third-order valence-electron chi connectivity index (χ3n) is 6.57. The molecule has 0 saturated carbocycles. The van der Waals surface area contributed by atoms with Crippen LogP contribution in [-0.4, -0.2) is 47.9 Å². The molecule has 2 saturated heterocycles. The number of benzene rings is 1. The largest absolute Gasteiger partial charge is 0.371 e. The van der Waals surface area contributed by atoms with Gasteiger partial charge in [0.25, 0.3) is 11.8 Å². The third kappa shape index (κ3) is 4.32. The normalized spacial score (nSPS) is 18.4. The summed E-state index contributed by atoms with van der Waals surface area (Å²) in [6.07, 6.45) is 7.41. The lowest BCUT2D eigenvalue weighted by atomic mass is 9.87. The van der Waals surface area contributed by atoms with Crippen molar-refractivity contribution >= 4 is 17.5 Å². The number of carbonyl (C=O) groups is 2. The quantitative estimate of drug-likeness (QED) is 0.844. The van der Waals surface area contributed by atoms with Crippen molar-refractivity contribution in [1.82, 2.24) is 9.88 Å². The van der Waals surface area contributed by atoms with Gasteiger partial charge >= 0.3 is 0 Å². The molecular formula is C24H30N4O2. The SMILES string of the molecule is CC1CCN(c2cc(C3CCN(C(=O)c4cccnc4)CC3)ccc2C(N)=O)CC1. The van der Waals surface area contributed by atoms with Gasteiger partial charge in [-0.25, -0.2) is 0 Å². The van der Waals surface area contributed by atoms with Crippen LogP contribution in [0.1, 0.15) is 64.8 Å². The Kier molecular flexibility index (Phi) is 6.02. The lowest BCUT2D eigenvalue weighted by Crippen LogP contribution is -2.38. The second-order valence-corrected chi connectivity index (χ2v) is 8.62. The van der Waals surface area contributed by atoms with Crippen LogP contribution in [0.4, 0.5) is 5.69 Å². The summed E-state index contributed by atoms with van der Waals surface area (Å²) in [6.45, 7) is 5.66. The van der Waals surface area contributed by atoms with E-state index in [-0.39, 0.29) is 11.8 Å². The van der Waals surface area contributed by atoms with Crippen molar-refractivity contribution in [3.8, 4) is 0 Å². The Labute approximate surface area is 178 Å². The maximum absolute atomic E-state index is 12.7. The fourth-order valence-electron chi connectivity index (χ4n) is 4.61. The van der Waals surface area contributed by atoms with E-state index in [1.807, 2.05) is 23.1 Å². The molecule has 0 unspecified atom stereocenters. The number of amides is 2. The van der Waals surface area contributed by atoms with Crippen LogP contribution in [-0.2, 0) is 0 Å². The Morgan fingerprint density at radius 1 is 1.03 bits per heavy atom. The Morgan fingerprint density at radius 3 is 2.40 bits per heavy atom. The molecule has 0 radical (unpaired) electrons. The van der Waals surface area contributed by atoms with Gasteiger partial charge in [-0.05, 0) is 67.3 Å². The molecule has 2 aromatic rings. The minimum absolute atomic E-state index is 0.0498. The molecule has 3 heterocycles. The minimum atomic E-state index is -0.368. The zero-order chi connectivity index (χ0) is 21.1. The summed E-state index contributed by atoms with van der Waals surface area (Å²) in [4.78, 5) is 33.0. The van der Waals surface area contributed by atoms with E-state index in [0.29, 0.717) is 17.0 Å². The van der Waals surface area contributed by atoms with E-state index < -0.39 is 0 Å². The molecule has 2 N–H and O–H groups in total. The van der Waals surface area contributed by atoms with Crippen molar-refractivity contribution < 1.29 is 9.59 Å². The van der Waals surface area contributed by atoms with Crippen LogP contribution in [0.25, 0.3) is 0 Å². The van der Waals surface area contributed by atoms with E-state index in [0.717, 1.165) is 63.5 Å². The number of hydrogen-bond acceptors (Lipinski definition) is 4. The zero-order valence-corrected chi connectivity index (χ0v) is 17.6. The van der Waals surface area contributed by atoms with Gasteiger partial charge in [0.15, 0.2) is 0 Å². The molecule has 0 aliphatic carbocycles. The lowest BCUT2D eigenvalue weighted by Gasteiger charge is -2.35. The summed E-state index contributed by atoms with van der Waals surface area (Å²) < 4.78 is 0. The van der Waals surface area contributed by atoms with Gasteiger partial charge in [-0.3, -0.25) is 14.6 Å². The number of hydrogen-bond donors (Lipinski definition) is 1. The first-order chi connectivity index (χ1) is 14.5. The van der Waals surface area contributed by atoms with Crippen LogP contribution >= 0.6 is 0 Å². The highest BCUT2D eigenvalue weighted by atomic mass is 16.2. The van der Waals surface area contributed by atoms with Gasteiger partial charge < -0.3 is 15.5 Å². The molecule has 158 valence electrons. The molecule has 4 rings (SSSR count). The van der Waals surface area contributed by atoms with E-state index in [9.17, 15) is 9.59 Å². The molecule has 1 aromatic heterocycles. The van der Waals surface area contributed by atoms with Crippen LogP contribution < -0.4 is 10.6 Å². The van der Waals surface area contributed by atoms with Gasteiger partial charge in [-0.2, -0.15) is 0 Å². The average molecular weight is 407 g/mol. The lowest BCUT2D eigenvalue weighted by molar-refractivity contribution is 0.0712. The fraction of sp³-hybridized carbons (Fsp3) is 0.458. The summed E-state index contributed by atoms with van der Waals surface area (Å²) >= 11 is 0. The highest BCUT2D eigenvalue weighted by Crippen LogP contribution is 2.34. The molecule has 0 spiro atoms. The number of piperidine rings is 2. The van der Waals surface area contributed by atoms with Crippen molar-refractivity contribution in [2.75, 3.05) is 31.1 Å². The molecule has 0 atom stereocenters. The predicted molar refractivity (Wildman–Crippen MR) is 118 cm³/mol. The zero-order valence-electron chi connectivity index (χ0n) is 17.6. The Hall–Kier alpha value is -2.89. The van der Waals surface area contributed by atoms with E-state index >= 15 is 0 Å². The third-order valence-corrected chi connectivity index (χ3v) is 6.57. The number of aromatic nitrogens is 1. The highest BCUT2D eigenvalue weighted by Gasteiger charge is 2.27. The molecule has 6 nitrogen and oxygen atoms in total. The maximum Gasteiger partial charge on any atom is 0.255 e. The highest BCUT2D eigenvalue weighted by molar-refractivity contribution is 5.99. The Balaban J connectivity index is 1.47. The second kappa shape index (κ2) is 8.86. The number of anilines is 1. The first kappa shape index (κ1) is 20.4. The van der Waals surface area contributed by atoms with Crippen LogP contribution in [0.3, 0.4) is 0 Å². The van der Waals surface area contributed by atoms with Gasteiger partial charge in [0, 0.05) is 44.3 Å². The number of nitrogens with zero attached hydrogens (tertiary/aromatic N) is 3. The summed E-state index contributed by atoms with van der Waals surface area (Å²) in [5.41, 5.74) is 9.13. The van der Waals surface area contributed by atoms with Crippen LogP contribution in [0.5, 0.6) is 0 Å². The van der Waals surface area contributed by atoms with E-state index in [4.69, 9.17) is 5.73 Å². The van der Waals surface area contributed by atoms with Crippen molar-refractivity contribution in [2.24, 2.45) is 11.7 Å². The molecule has 2 aliphatic heterocycles. The number of likely N-dealkylation sites (tertiary alicyclic amines) is 1. The van der Waals surface area contributed by atoms with Crippen LogP contribution in [0.2, 0.25) is 0 Å². The first-order valence-corrected chi connectivity index (χ1v) is 10.9. The number of rotatable bonds is 4. The Bertz CT molecular complexity index is 899. The number of carbonyl (C=O) groups excluding carboxylic acids is 2. The van der Waals surface area contributed by atoms with Crippen molar-refractivity contribution in [3.63, 3.8) is 0 Å². The van der Waals surface area contributed by atoms with Crippen molar-refractivity contribution in [2.45, 2.75) is 38.5 Å². The predicted octanol–water partition coefficient (Wildman–Crippen LogP) is 3.44. The average Bonchev–Trinajstić information content (AvgIpc) is 2.79. The first-order valence-electron chi connectivity index (χ1n) is 10.9. The minimum Gasteiger partial charge on any atom is -0.371 e. The summed E-state index contributed by atoms with van der Waals surface area (Å²) in [5, 5.41) is 0. The Morgan fingerprint density at radius 2 is 1.77 bits per heavy atom. The summed E-state index contributed by atoms with van der Waals surface area (Å²) in [6, 6.07) is 9.70. The maximum atomic E-state index is 12.7. The molecule has 2 amide bonds. The molecular weight excluding hydrogens is 376 g/mol. The topological polar surface area (TPSA) is 79.5 Å². The standard InChI is InChI=1S/C24H30N4O2/c1-17-6-11-27(12-7-17)22-15-19(4-5-21(22)23(25)29)18-8-13-28(14-9-18)24(30)20-3-2-10-26-16-20/h2-5,10,15-18H,6-9,11-14H2,1H3,(H2,25,29). The number of pyridine rings is 1. The van der Waals surface area contributed by atoms with Crippen LogP contribution in [0, 0.1) is 5.92 Å². The second-order valence-electron chi connectivity index (χ2n) is 8.62. The van der Waals surface area contributed by atoms with Gasteiger partial charge in [-0.1, -0.05) is 13.0 Å². The molecule has 30 heavy (non-hydrogen) atoms.